The lowest BCUT2D eigenvalue weighted by Crippen LogP contribution is -2.13. The molecule has 0 N–H and O–H groups in total. The fourth-order valence-electron chi connectivity index (χ4n) is 1.38. The van der Waals surface area contributed by atoms with E-state index in [4.69, 9.17) is 0 Å². The molecule has 0 radical (unpaired) electrons. The van der Waals surface area contributed by atoms with Gasteiger partial charge in [0.25, 0.3) is 0 Å². The van der Waals surface area contributed by atoms with Crippen LogP contribution in [-0.2, 0) is 17.8 Å². The fourth-order valence-corrected chi connectivity index (χ4v) is 2.14. The molecule has 16 heavy (non-hydrogen) atoms. The normalized spacial score (nSPS) is 10.6. The number of aromatic nitrogens is 3. The number of ketones is 1. The van der Waals surface area contributed by atoms with E-state index in [9.17, 15) is 4.79 Å². The molecule has 5 heteroatoms. The molecule has 0 aliphatic rings. The summed E-state index contributed by atoms with van der Waals surface area (Å²) in [7, 11) is 0. The summed E-state index contributed by atoms with van der Waals surface area (Å²) in [5.41, 5.74) is 0. The molecule has 1 aromatic rings. The number of carbonyl (C=O) groups excluding carboxylic acids is 1. The number of hydrogen-bond acceptors (Lipinski definition) is 4. The van der Waals surface area contributed by atoms with Crippen molar-refractivity contribution in [2.75, 3.05) is 11.5 Å². The summed E-state index contributed by atoms with van der Waals surface area (Å²) >= 11 is 1.70. The highest BCUT2D eigenvalue weighted by Crippen LogP contribution is 2.05. The Morgan fingerprint density at radius 2 is 2.25 bits per heavy atom. The van der Waals surface area contributed by atoms with Crippen molar-refractivity contribution in [3.8, 4) is 0 Å². The van der Waals surface area contributed by atoms with Gasteiger partial charge < -0.3 is 0 Å². The van der Waals surface area contributed by atoms with Gasteiger partial charge in [-0.15, -0.1) is 0 Å². The van der Waals surface area contributed by atoms with Crippen LogP contribution in [0.3, 0.4) is 0 Å². The Balaban J connectivity index is 2.39. The van der Waals surface area contributed by atoms with Gasteiger partial charge in [-0.05, 0) is 18.6 Å². The third kappa shape index (κ3) is 4.35. The molecule has 0 atom stereocenters. The highest BCUT2D eigenvalue weighted by Gasteiger charge is 2.09. The average molecular weight is 241 g/mol. The van der Waals surface area contributed by atoms with Crippen molar-refractivity contribution in [1.82, 2.24) is 14.8 Å². The maximum absolute atomic E-state index is 11.6. The summed E-state index contributed by atoms with van der Waals surface area (Å²) in [4.78, 5) is 15.8. The Labute approximate surface area is 101 Å². The van der Waals surface area contributed by atoms with E-state index in [0.717, 1.165) is 31.0 Å². The molecule has 0 unspecified atom stereocenters. The first-order valence-electron chi connectivity index (χ1n) is 5.74. The molecule has 0 aliphatic carbocycles. The van der Waals surface area contributed by atoms with Crippen molar-refractivity contribution in [2.45, 2.75) is 39.7 Å². The van der Waals surface area contributed by atoms with Gasteiger partial charge in [-0.25, -0.2) is 9.67 Å². The maximum atomic E-state index is 11.6. The number of nitrogens with zero attached hydrogens (tertiary/aromatic N) is 3. The van der Waals surface area contributed by atoms with Gasteiger partial charge in [0, 0.05) is 6.54 Å². The molecular formula is C11H19N3OS. The van der Waals surface area contributed by atoms with Crippen LogP contribution in [0.4, 0.5) is 0 Å². The minimum absolute atomic E-state index is 0.240. The lowest BCUT2D eigenvalue weighted by molar-refractivity contribution is -0.116. The van der Waals surface area contributed by atoms with E-state index in [1.165, 1.54) is 6.33 Å². The number of thioether (sulfide) groups is 1. The zero-order valence-corrected chi connectivity index (χ0v) is 10.8. The summed E-state index contributed by atoms with van der Waals surface area (Å²) in [6.07, 6.45) is 4.06. The largest absolute Gasteiger partial charge is 0.298 e. The molecule has 0 fully saturated rings. The van der Waals surface area contributed by atoms with Crippen molar-refractivity contribution in [1.29, 1.82) is 0 Å². The van der Waals surface area contributed by atoms with E-state index in [-0.39, 0.29) is 5.78 Å². The molecule has 0 saturated carbocycles. The highest BCUT2D eigenvalue weighted by atomic mass is 32.2. The first-order chi connectivity index (χ1) is 7.77. The molecule has 0 amide bonds. The number of carbonyl (C=O) groups is 1. The number of aryl methyl sites for hydroxylation is 1. The summed E-state index contributed by atoms with van der Waals surface area (Å²) < 4.78 is 1.82. The van der Waals surface area contributed by atoms with Crippen LogP contribution in [0.5, 0.6) is 0 Å². The van der Waals surface area contributed by atoms with Crippen molar-refractivity contribution < 1.29 is 4.79 Å². The van der Waals surface area contributed by atoms with E-state index in [2.05, 4.69) is 23.9 Å². The molecule has 0 spiro atoms. The van der Waals surface area contributed by atoms with Gasteiger partial charge in [0.1, 0.15) is 17.9 Å². The van der Waals surface area contributed by atoms with Crippen LogP contribution < -0.4 is 0 Å². The molecule has 4 nitrogen and oxygen atoms in total. The summed E-state index contributed by atoms with van der Waals surface area (Å²) in [5, 5.41) is 4.10. The first-order valence-corrected chi connectivity index (χ1v) is 6.89. The number of hydrogen-bond donors (Lipinski definition) is 0. The van der Waals surface area contributed by atoms with Gasteiger partial charge in [-0.2, -0.15) is 16.9 Å². The lowest BCUT2D eigenvalue weighted by atomic mass is 10.3. The molecule has 90 valence electrons. The molecule has 0 saturated heterocycles. The third-order valence-electron chi connectivity index (χ3n) is 2.10. The predicted molar refractivity (Wildman–Crippen MR) is 66.6 cm³/mol. The topological polar surface area (TPSA) is 47.8 Å². The predicted octanol–water partition coefficient (Wildman–Crippen LogP) is 1.94. The van der Waals surface area contributed by atoms with Gasteiger partial charge in [0.15, 0.2) is 0 Å². The zero-order valence-electron chi connectivity index (χ0n) is 9.98. The monoisotopic (exact) mass is 241 g/mol. The smallest absolute Gasteiger partial charge is 0.150 e. The van der Waals surface area contributed by atoms with Crippen LogP contribution in [0.15, 0.2) is 6.33 Å². The minimum atomic E-state index is 0.240. The van der Waals surface area contributed by atoms with Crippen LogP contribution >= 0.6 is 11.8 Å². The summed E-state index contributed by atoms with van der Waals surface area (Å²) in [5.74, 6) is 2.67. The van der Waals surface area contributed by atoms with Crippen LogP contribution in [0.1, 0.15) is 32.5 Å². The Hall–Kier alpha value is -0.840. The van der Waals surface area contributed by atoms with E-state index in [1.807, 2.05) is 4.68 Å². The van der Waals surface area contributed by atoms with Crippen LogP contribution in [0.25, 0.3) is 0 Å². The Morgan fingerprint density at radius 1 is 1.44 bits per heavy atom. The molecule has 0 aliphatic heterocycles. The Kier molecular flexibility index (Phi) is 6.15. The van der Waals surface area contributed by atoms with Crippen LogP contribution in [-0.4, -0.2) is 32.1 Å². The van der Waals surface area contributed by atoms with Gasteiger partial charge in [0.2, 0.25) is 0 Å². The van der Waals surface area contributed by atoms with E-state index < -0.39 is 0 Å². The fraction of sp³-hybridized carbons (Fsp3) is 0.727. The summed E-state index contributed by atoms with van der Waals surface area (Å²) in [6, 6.07) is 0. The summed E-state index contributed by atoms with van der Waals surface area (Å²) in [6.45, 7) is 5.05. The molecule has 0 bridgehead atoms. The minimum Gasteiger partial charge on any atom is -0.298 e. The Bertz CT molecular complexity index is 325. The SMILES string of the molecule is CCCSCC(=O)Cc1ncnn1CCC. The van der Waals surface area contributed by atoms with Crippen molar-refractivity contribution >= 4 is 17.5 Å². The van der Waals surface area contributed by atoms with Gasteiger partial charge in [-0.1, -0.05) is 13.8 Å². The third-order valence-corrected chi connectivity index (χ3v) is 3.32. The molecule has 1 heterocycles. The molecular weight excluding hydrogens is 222 g/mol. The van der Waals surface area contributed by atoms with Crippen molar-refractivity contribution in [2.24, 2.45) is 0 Å². The zero-order chi connectivity index (χ0) is 11.8. The van der Waals surface area contributed by atoms with E-state index in [1.54, 1.807) is 11.8 Å². The van der Waals surface area contributed by atoms with E-state index >= 15 is 0 Å². The second-order valence-electron chi connectivity index (χ2n) is 3.67. The number of Topliss-reactive ketones (excluding diaryl/α,β-unsaturated/α-hetero) is 1. The highest BCUT2D eigenvalue weighted by molar-refractivity contribution is 7.99. The van der Waals surface area contributed by atoms with Crippen LogP contribution in [0.2, 0.25) is 0 Å². The second-order valence-corrected chi connectivity index (χ2v) is 4.77. The lowest BCUT2D eigenvalue weighted by Gasteiger charge is -2.03. The Morgan fingerprint density at radius 3 is 2.94 bits per heavy atom. The second kappa shape index (κ2) is 7.44. The standard InChI is InChI=1S/C11H19N3OS/c1-3-5-14-11(12-9-13-14)7-10(15)8-16-6-4-2/h9H,3-8H2,1-2H3. The first kappa shape index (κ1) is 13.2. The van der Waals surface area contributed by atoms with E-state index in [0.29, 0.717) is 12.2 Å². The quantitative estimate of drug-likeness (QED) is 0.653. The van der Waals surface area contributed by atoms with Crippen molar-refractivity contribution in [3.63, 3.8) is 0 Å². The molecule has 0 aromatic carbocycles. The molecule has 1 rings (SSSR count). The van der Waals surface area contributed by atoms with Gasteiger partial charge in [0.05, 0.1) is 12.2 Å². The van der Waals surface area contributed by atoms with Crippen LogP contribution in [0, 0.1) is 0 Å². The van der Waals surface area contributed by atoms with Gasteiger partial charge >= 0.3 is 0 Å². The average Bonchev–Trinajstić information content (AvgIpc) is 2.67. The number of rotatable bonds is 8. The van der Waals surface area contributed by atoms with Gasteiger partial charge in [-0.3, -0.25) is 4.79 Å². The maximum Gasteiger partial charge on any atom is 0.150 e. The molecule has 1 aromatic heterocycles. The van der Waals surface area contributed by atoms with Crippen molar-refractivity contribution in [3.05, 3.63) is 12.2 Å².